The fourth-order valence-corrected chi connectivity index (χ4v) is 2.80. The summed E-state index contributed by atoms with van der Waals surface area (Å²) in [4.78, 5) is 4.73. The van der Waals surface area contributed by atoms with Gasteiger partial charge in [-0.1, -0.05) is 41.9 Å². The predicted octanol–water partition coefficient (Wildman–Crippen LogP) is 2.97. The Morgan fingerprint density at radius 1 is 1.20 bits per heavy atom. The van der Waals surface area contributed by atoms with Gasteiger partial charge in [0.2, 0.25) is 0 Å². The third-order valence-electron chi connectivity index (χ3n) is 3.33. The molecule has 0 aliphatic heterocycles. The zero-order valence-electron chi connectivity index (χ0n) is 13.1. The molecule has 0 fully saturated rings. The molecule has 114 valence electrons. The van der Waals surface area contributed by atoms with Crippen LogP contribution >= 0.6 is 15.9 Å². The van der Waals surface area contributed by atoms with Gasteiger partial charge in [-0.2, -0.15) is 0 Å². The Hall–Kier alpha value is -0.420. The van der Waals surface area contributed by atoms with E-state index in [1.807, 2.05) is 0 Å². The molecule has 1 rings (SSSR count). The highest BCUT2D eigenvalue weighted by molar-refractivity contribution is 9.10. The van der Waals surface area contributed by atoms with E-state index in [0.717, 1.165) is 24.1 Å². The maximum absolute atomic E-state index is 6.07. The normalized spacial score (nSPS) is 13.4. The van der Waals surface area contributed by atoms with Crippen LogP contribution in [0.5, 0.6) is 0 Å². The zero-order valence-corrected chi connectivity index (χ0v) is 14.7. The first-order chi connectivity index (χ1) is 9.43. The lowest BCUT2D eigenvalue weighted by molar-refractivity contribution is 0.163. The van der Waals surface area contributed by atoms with E-state index < -0.39 is 0 Å². The van der Waals surface area contributed by atoms with Crippen LogP contribution < -0.4 is 5.73 Å². The maximum atomic E-state index is 6.07. The average Bonchev–Trinajstić information content (AvgIpc) is 2.36. The van der Waals surface area contributed by atoms with E-state index in [9.17, 15) is 0 Å². The standard InChI is InChI=1S/C16H28BrN3/c1-13(2)12-20(9-8-19(3)4)16(11-18)14-6-5-7-15(17)10-14/h5-7,10,13,16H,8-9,11-12,18H2,1-4H3. The lowest BCUT2D eigenvalue weighted by Gasteiger charge is -2.33. The minimum atomic E-state index is 0.287. The molecular weight excluding hydrogens is 314 g/mol. The molecule has 0 aliphatic carbocycles. The molecule has 1 unspecified atom stereocenters. The molecule has 0 saturated carbocycles. The second kappa shape index (κ2) is 8.78. The van der Waals surface area contributed by atoms with Gasteiger partial charge in [-0.3, -0.25) is 4.90 Å². The van der Waals surface area contributed by atoms with Crippen LogP contribution in [-0.4, -0.2) is 50.1 Å². The summed E-state index contributed by atoms with van der Waals surface area (Å²) < 4.78 is 1.12. The molecule has 0 spiro atoms. The van der Waals surface area contributed by atoms with Gasteiger partial charge in [0.05, 0.1) is 0 Å². The smallest absolute Gasteiger partial charge is 0.0471 e. The number of halogens is 1. The molecular formula is C16H28BrN3. The van der Waals surface area contributed by atoms with Crippen molar-refractivity contribution in [3.63, 3.8) is 0 Å². The maximum Gasteiger partial charge on any atom is 0.0471 e. The van der Waals surface area contributed by atoms with Crippen LogP contribution in [0.4, 0.5) is 0 Å². The minimum Gasteiger partial charge on any atom is -0.329 e. The third kappa shape index (κ3) is 5.92. The topological polar surface area (TPSA) is 32.5 Å². The van der Waals surface area contributed by atoms with Crippen molar-refractivity contribution in [1.82, 2.24) is 9.80 Å². The van der Waals surface area contributed by atoms with Crippen LogP contribution in [0, 0.1) is 5.92 Å². The number of hydrogen-bond donors (Lipinski definition) is 1. The first kappa shape index (κ1) is 17.6. The molecule has 20 heavy (non-hydrogen) atoms. The van der Waals surface area contributed by atoms with E-state index >= 15 is 0 Å². The SMILES string of the molecule is CC(C)CN(CCN(C)C)C(CN)c1cccc(Br)c1. The zero-order chi connectivity index (χ0) is 15.1. The highest BCUT2D eigenvalue weighted by atomic mass is 79.9. The average molecular weight is 342 g/mol. The van der Waals surface area contributed by atoms with Crippen LogP contribution in [0.25, 0.3) is 0 Å². The highest BCUT2D eigenvalue weighted by Crippen LogP contribution is 2.23. The molecule has 1 atom stereocenters. The van der Waals surface area contributed by atoms with Gasteiger partial charge in [0.25, 0.3) is 0 Å². The lowest BCUT2D eigenvalue weighted by atomic mass is 10.0. The van der Waals surface area contributed by atoms with Gasteiger partial charge in [-0.05, 0) is 37.7 Å². The van der Waals surface area contributed by atoms with Gasteiger partial charge in [0, 0.05) is 36.7 Å². The molecule has 3 nitrogen and oxygen atoms in total. The summed E-state index contributed by atoms with van der Waals surface area (Å²) in [6.07, 6.45) is 0. The number of benzene rings is 1. The summed E-state index contributed by atoms with van der Waals surface area (Å²) in [6, 6.07) is 8.78. The fourth-order valence-electron chi connectivity index (χ4n) is 2.38. The number of likely N-dealkylation sites (N-methyl/N-ethyl adjacent to an activating group) is 1. The minimum absolute atomic E-state index is 0.287. The van der Waals surface area contributed by atoms with E-state index in [2.05, 4.69) is 77.9 Å². The Kier molecular flexibility index (Phi) is 7.74. The van der Waals surface area contributed by atoms with Crippen molar-refractivity contribution in [2.75, 3.05) is 40.3 Å². The first-order valence-electron chi connectivity index (χ1n) is 7.28. The summed E-state index contributed by atoms with van der Waals surface area (Å²) in [7, 11) is 4.23. The molecule has 4 heteroatoms. The molecule has 0 heterocycles. The molecule has 2 N–H and O–H groups in total. The number of rotatable bonds is 8. The van der Waals surface area contributed by atoms with Gasteiger partial charge in [0.1, 0.15) is 0 Å². The second-order valence-electron chi connectivity index (χ2n) is 6.00. The van der Waals surface area contributed by atoms with Crippen LogP contribution in [-0.2, 0) is 0 Å². The van der Waals surface area contributed by atoms with E-state index in [-0.39, 0.29) is 6.04 Å². The van der Waals surface area contributed by atoms with Crippen molar-refractivity contribution in [3.8, 4) is 0 Å². The van der Waals surface area contributed by atoms with Crippen LogP contribution in [0.3, 0.4) is 0 Å². The lowest BCUT2D eigenvalue weighted by Crippen LogP contribution is -2.40. The van der Waals surface area contributed by atoms with Crippen LogP contribution in [0.15, 0.2) is 28.7 Å². The Bertz CT molecular complexity index is 393. The Morgan fingerprint density at radius 3 is 2.40 bits per heavy atom. The summed E-state index contributed by atoms with van der Waals surface area (Å²) in [6.45, 7) is 8.34. The molecule has 0 amide bonds. The molecule has 0 aliphatic rings. The van der Waals surface area contributed by atoms with Crippen molar-refractivity contribution < 1.29 is 0 Å². The molecule has 1 aromatic carbocycles. The summed E-state index contributed by atoms with van der Waals surface area (Å²) in [5, 5.41) is 0. The molecule has 0 radical (unpaired) electrons. The van der Waals surface area contributed by atoms with Crippen molar-refractivity contribution >= 4 is 15.9 Å². The summed E-state index contributed by atoms with van der Waals surface area (Å²) in [5.74, 6) is 0.637. The van der Waals surface area contributed by atoms with Gasteiger partial charge < -0.3 is 10.6 Å². The summed E-state index contributed by atoms with van der Waals surface area (Å²) >= 11 is 3.55. The molecule has 1 aromatic rings. The van der Waals surface area contributed by atoms with Gasteiger partial charge >= 0.3 is 0 Å². The fraction of sp³-hybridized carbons (Fsp3) is 0.625. The number of nitrogens with zero attached hydrogens (tertiary/aromatic N) is 2. The highest BCUT2D eigenvalue weighted by Gasteiger charge is 2.20. The molecule has 0 bridgehead atoms. The molecule has 0 saturated heterocycles. The van der Waals surface area contributed by atoms with E-state index in [0.29, 0.717) is 12.5 Å². The van der Waals surface area contributed by atoms with E-state index in [1.165, 1.54) is 5.56 Å². The van der Waals surface area contributed by atoms with Gasteiger partial charge in [0.15, 0.2) is 0 Å². The molecule has 0 aromatic heterocycles. The van der Waals surface area contributed by atoms with Gasteiger partial charge in [-0.15, -0.1) is 0 Å². The number of nitrogens with two attached hydrogens (primary N) is 1. The van der Waals surface area contributed by atoms with Crippen LogP contribution in [0.2, 0.25) is 0 Å². The van der Waals surface area contributed by atoms with Crippen molar-refractivity contribution in [1.29, 1.82) is 0 Å². The van der Waals surface area contributed by atoms with Crippen molar-refractivity contribution in [2.24, 2.45) is 11.7 Å². The monoisotopic (exact) mass is 341 g/mol. The Labute approximate surface area is 132 Å². The van der Waals surface area contributed by atoms with Crippen molar-refractivity contribution in [3.05, 3.63) is 34.3 Å². The number of hydrogen-bond acceptors (Lipinski definition) is 3. The quantitative estimate of drug-likeness (QED) is 0.788. The van der Waals surface area contributed by atoms with Crippen LogP contribution in [0.1, 0.15) is 25.5 Å². The van der Waals surface area contributed by atoms with E-state index in [1.54, 1.807) is 0 Å². The first-order valence-corrected chi connectivity index (χ1v) is 8.07. The third-order valence-corrected chi connectivity index (χ3v) is 3.82. The Balaban J connectivity index is 2.88. The largest absolute Gasteiger partial charge is 0.329 e. The Morgan fingerprint density at radius 2 is 1.90 bits per heavy atom. The van der Waals surface area contributed by atoms with E-state index in [4.69, 9.17) is 5.73 Å². The predicted molar refractivity (Wildman–Crippen MR) is 90.9 cm³/mol. The summed E-state index contributed by atoms with van der Waals surface area (Å²) in [5.41, 5.74) is 7.36. The van der Waals surface area contributed by atoms with Gasteiger partial charge in [-0.25, -0.2) is 0 Å². The second-order valence-corrected chi connectivity index (χ2v) is 6.91. The van der Waals surface area contributed by atoms with Crippen molar-refractivity contribution in [2.45, 2.75) is 19.9 Å².